The lowest BCUT2D eigenvalue weighted by Crippen LogP contribution is -2.05. The fraction of sp³-hybridized carbons (Fsp3) is 0. The summed E-state index contributed by atoms with van der Waals surface area (Å²) in [6.45, 7) is 0. The van der Waals surface area contributed by atoms with Crippen LogP contribution in [0.3, 0.4) is 0 Å². The third kappa shape index (κ3) is 2.76. The number of rotatable bonds is 2. The van der Waals surface area contributed by atoms with Gasteiger partial charge in [-0.05, 0) is 52.3 Å². The standard InChI is InChI=1S/C14H7Br2NO3/c15-9-3-1-8(2-4-9)13-17-11(14(18)20-13)7-10-5-6-12(16)19-10/h1-7H/b11-7-. The molecule has 0 fully saturated rings. The molecular weight excluding hydrogens is 390 g/mol. The molecule has 2 aromatic rings. The van der Waals surface area contributed by atoms with Gasteiger partial charge < -0.3 is 9.15 Å². The molecule has 4 nitrogen and oxygen atoms in total. The van der Waals surface area contributed by atoms with E-state index < -0.39 is 5.97 Å². The zero-order valence-electron chi connectivity index (χ0n) is 9.97. The third-order valence-corrected chi connectivity index (χ3v) is 3.54. The van der Waals surface area contributed by atoms with Gasteiger partial charge in [-0.25, -0.2) is 9.79 Å². The van der Waals surface area contributed by atoms with Crippen LogP contribution in [-0.2, 0) is 9.53 Å². The summed E-state index contributed by atoms with van der Waals surface area (Å²) in [6, 6.07) is 10.8. The first-order valence-corrected chi connectivity index (χ1v) is 7.24. The van der Waals surface area contributed by atoms with Gasteiger partial charge in [-0.15, -0.1) is 0 Å². The van der Waals surface area contributed by atoms with E-state index in [1.54, 1.807) is 18.2 Å². The molecule has 20 heavy (non-hydrogen) atoms. The number of hydrogen-bond acceptors (Lipinski definition) is 4. The maximum Gasteiger partial charge on any atom is 0.363 e. The number of nitrogens with zero attached hydrogens (tertiary/aromatic N) is 1. The Kier molecular flexibility index (Phi) is 3.58. The minimum atomic E-state index is -0.490. The molecule has 0 bridgehead atoms. The average Bonchev–Trinajstić information content (AvgIpc) is 2.98. The summed E-state index contributed by atoms with van der Waals surface area (Å²) in [5.74, 6) is 0.333. The zero-order chi connectivity index (χ0) is 14.1. The Morgan fingerprint density at radius 1 is 1.05 bits per heavy atom. The Morgan fingerprint density at radius 3 is 2.45 bits per heavy atom. The van der Waals surface area contributed by atoms with Crippen LogP contribution in [0, 0.1) is 0 Å². The molecule has 0 unspecified atom stereocenters. The van der Waals surface area contributed by atoms with Crippen LogP contribution in [0.15, 0.2) is 60.6 Å². The number of aliphatic imine (C=N–C) groups is 1. The van der Waals surface area contributed by atoms with Crippen molar-refractivity contribution >= 4 is 49.8 Å². The van der Waals surface area contributed by atoms with Gasteiger partial charge in [-0.3, -0.25) is 0 Å². The van der Waals surface area contributed by atoms with E-state index in [0.717, 1.165) is 10.0 Å². The Labute approximate surface area is 131 Å². The van der Waals surface area contributed by atoms with Crippen molar-refractivity contribution < 1.29 is 13.9 Å². The van der Waals surface area contributed by atoms with Gasteiger partial charge in [0, 0.05) is 16.1 Å². The number of hydrogen-bond donors (Lipinski definition) is 0. The van der Waals surface area contributed by atoms with Crippen LogP contribution in [-0.4, -0.2) is 11.9 Å². The van der Waals surface area contributed by atoms with Crippen molar-refractivity contribution in [3.63, 3.8) is 0 Å². The van der Waals surface area contributed by atoms with Gasteiger partial charge in [0.05, 0.1) is 0 Å². The monoisotopic (exact) mass is 395 g/mol. The van der Waals surface area contributed by atoms with Crippen LogP contribution in [0.2, 0.25) is 0 Å². The van der Waals surface area contributed by atoms with Gasteiger partial charge in [-0.1, -0.05) is 15.9 Å². The van der Waals surface area contributed by atoms with Gasteiger partial charge in [0.1, 0.15) is 5.76 Å². The van der Waals surface area contributed by atoms with E-state index >= 15 is 0 Å². The fourth-order valence-electron chi connectivity index (χ4n) is 1.67. The predicted octanol–water partition coefficient (Wildman–Crippen LogP) is 4.15. The van der Waals surface area contributed by atoms with Crippen LogP contribution >= 0.6 is 31.9 Å². The summed E-state index contributed by atoms with van der Waals surface area (Å²) < 4.78 is 12.0. The summed E-state index contributed by atoms with van der Waals surface area (Å²) in [5.41, 5.74) is 0.954. The molecule has 0 saturated heterocycles. The first kappa shape index (κ1) is 13.3. The van der Waals surface area contributed by atoms with Crippen molar-refractivity contribution in [1.29, 1.82) is 0 Å². The van der Waals surface area contributed by atoms with Crippen molar-refractivity contribution in [3.05, 3.63) is 62.6 Å². The molecule has 1 aliphatic rings. The van der Waals surface area contributed by atoms with Crippen LogP contribution in [0.1, 0.15) is 11.3 Å². The number of halogens is 2. The largest absolute Gasteiger partial charge is 0.450 e. The van der Waals surface area contributed by atoms with Gasteiger partial charge in [0.15, 0.2) is 10.4 Å². The second-order valence-corrected chi connectivity index (χ2v) is 5.68. The second kappa shape index (κ2) is 5.38. The number of carbonyl (C=O) groups excluding carboxylic acids is 1. The van der Waals surface area contributed by atoms with E-state index in [9.17, 15) is 4.79 Å². The molecule has 0 aliphatic carbocycles. The van der Waals surface area contributed by atoms with Gasteiger partial charge in [0.25, 0.3) is 0 Å². The predicted molar refractivity (Wildman–Crippen MR) is 81.2 cm³/mol. The van der Waals surface area contributed by atoms with Gasteiger partial charge in [0.2, 0.25) is 5.90 Å². The highest BCUT2D eigenvalue weighted by molar-refractivity contribution is 9.10. The van der Waals surface area contributed by atoms with E-state index in [1.165, 1.54) is 0 Å². The lowest BCUT2D eigenvalue weighted by atomic mass is 10.2. The van der Waals surface area contributed by atoms with Crippen molar-refractivity contribution in [2.75, 3.05) is 0 Å². The maximum atomic E-state index is 11.8. The van der Waals surface area contributed by atoms with Crippen LogP contribution in [0.5, 0.6) is 0 Å². The molecule has 1 aliphatic heterocycles. The lowest BCUT2D eigenvalue weighted by Gasteiger charge is -1.98. The molecule has 0 spiro atoms. The molecule has 1 aromatic carbocycles. The minimum absolute atomic E-state index is 0.213. The number of ether oxygens (including phenoxy) is 1. The van der Waals surface area contributed by atoms with Crippen molar-refractivity contribution in [2.45, 2.75) is 0 Å². The molecule has 3 rings (SSSR count). The summed E-state index contributed by atoms with van der Waals surface area (Å²) in [7, 11) is 0. The number of cyclic esters (lactones) is 1. The maximum absolute atomic E-state index is 11.8. The van der Waals surface area contributed by atoms with Crippen LogP contribution < -0.4 is 0 Å². The first-order valence-electron chi connectivity index (χ1n) is 5.66. The normalized spacial score (nSPS) is 16.4. The van der Waals surface area contributed by atoms with E-state index in [0.29, 0.717) is 16.3 Å². The Balaban J connectivity index is 1.92. The average molecular weight is 397 g/mol. The molecule has 0 radical (unpaired) electrons. The number of benzene rings is 1. The smallest absolute Gasteiger partial charge is 0.363 e. The molecule has 100 valence electrons. The highest BCUT2D eigenvalue weighted by Gasteiger charge is 2.24. The Bertz CT molecular complexity index is 729. The summed E-state index contributed by atoms with van der Waals surface area (Å²) in [5, 5.41) is 0. The van der Waals surface area contributed by atoms with E-state index in [1.807, 2.05) is 24.3 Å². The number of esters is 1. The second-order valence-electron chi connectivity index (χ2n) is 3.98. The lowest BCUT2D eigenvalue weighted by molar-refractivity contribution is -0.129. The highest BCUT2D eigenvalue weighted by Crippen LogP contribution is 2.22. The molecule has 0 atom stereocenters. The van der Waals surface area contributed by atoms with E-state index in [2.05, 4.69) is 36.9 Å². The highest BCUT2D eigenvalue weighted by atomic mass is 79.9. The van der Waals surface area contributed by atoms with Crippen molar-refractivity contribution in [2.24, 2.45) is 4.99 Å². The molecule has 0 N–H and O–H groups in total. The fourth-order valence-corrected chi connectivity index (χ4v) is 2.25. The van der Waals surface area contributed by atoms with E-state index in [-0.39, 0.29) is 5.70 Å². The molecule has 2 heterocycles. The summed E-state index contributed by atoms with van der Waals surface area (Å²) in [6.07, 6.45) is 1.54. The molecule has 0 saturated carbocycles. The Hall–Kier alpha value is -1.66. The molecule has 0 amide bonds. The van der Waals surface area contributed by atoms with Crippen LogP contribution in [0.25, 0.3) is 6.08 Å². The zero-order valence-corrected chi connectivity index (χ0v) is 13.1. The third-order valence-electron chi connectivity index (χ3n) is 2.58. The Morgan fingerprint density at radius 2 is 1.80 bits per heavy atom. The molecular formula is C14H7Br2NO3. The summed E-state index contributed by atoms with van der Waals surface area (Å²) >= 11 is 6.55. The summed E-state index contributed by atoms with van der Waals surface area (Å²) in [4.78, 5) is 16.0. The van der Waals surface area contributed by atoms with Crippen molar-refractivity contribution in [1.82, 2.24) is 0 Å². The quantitative estimate of drug-likeness (QED) is 0.566. The number of furan rings is 1. The first-order chi connectivity index (χ1) is 9.61. The van der Waals surface area contributed by atoms with Crippen LogP contribution in [0.4, 0.5) is 0 Å². The molecule has 6 heteroatoms. The number of carbonyl (C=O) groups is 1. The SMILES string of the molecule is O=C1OC(c2ccc(Br)cc2)=N/C1=C\c1ccc(Br)o1. The molecule has 1 aromatic heterocycles. The van der Waals surface area contributed by atoms with E-state index in [4.69, 9.17) is 9.15 Å². The topological polar surface area (TPSA) is 51.8 Å². The van der Waals surface area contributed by atoms with Crippen molar-refractivity contribution in [3.8, 4) is 0 Å². The van der Waals surface area contributed by atoms with Gasteiger partial charge in [-0.2, -0.15) is 0 Å². The van der Waals surface area contributed by atoms with Gasteiger partial charge >= 0.3 is 5.97 Å². The minimum Gasteiger partial charge on any atom is -0.450 e.